The Kier molecular flexibility index (Phi) is 6.81. The van der Waals surface area contributed by atoms with E-state index in [9.17, 15) is 18.4 Å². The molecule has 5 aromatic rings. The first-order valence-electron chi connectivity index (χ1n) is 12.3. The van der Waals surface area contributed by atoms with Gasteiger partial charge >= 0.3 is 0 Å². The maximum atomic E-state index is 14.1. The second-order valence-electron chi connectivity index (χ2n) is 9.07. The number of carbonyl (C=O) groups is 2. The Balaban J connectivity index is 1.27. The van der Waals surface area contributed by atoms with Gasteiger partial charge in [0.05, 0.1) is 27.5 Å². The molecule has 0 saturated heterocycles. The van der Waals surface area contributed by atoms with Gasteiger partial charge < -0.3 is 21.1 Å². The van der Waals surface area contributed by atoms with Crippen molar-refractivity contribution in [1.82, 2.24) is 15.0 Å². The van der Waals surface area contributed by atoms with Crippen LogP contribution in [0.25, 0.3) is 21.8 Å². The number of Topliss-reactive ketones (excluding diaryl/α,β-unsaturated/α-hetero) is 1. The van der Waals surface area contributed by atoms with Crippen LogP contribution < -0.4 is 21.1 Å². The highest BCUT2D eigenvalue weighted by atomic mass is 32.1. The number of thiazole rings is 1. The summed E-state index contributed by atoms with van der Waals surface area (Å²) in [7, 11) is 0. The Hall–Kier alpha value is -5.23. The molecule has 41 heavy (non-hydrogen) atoms. The lowest BCUT2D eigenvalue weighted by atomic mass is 9.99. The highest BCUT2D eigenvalue weighted by Gasteiger charge is 2.20. The van der Waals surface area contributed by atoms with Crippen molar-refractivity contribution in [3.63, 3.8) is 0 Å². The predicted molar refractivity (Wildman–Crippen MR) is 151 cm³/mol. The van der Waals surface area contributed by atoms with Gasteiger partial charge in [-0.15, -0.1) is 0 Å². The zero-order valence-electron chi connectivity index (χ0n) is 21.2. The summed E-state index contributed by atoms with van der Waals surface area (Å²) in [4.78, 5) is 38.5. The number of anilines is 4. The number of amides is 1. The molecule has 0 aliphatic carbocycles. The number of nitrogen functional groups attached to an aromatic ring is 1. The Morgan fingerprint density at radius 1 is 1.05 bits per heavy atom. The zero-order chi connectivity index (χ0) is 28.5. The zero-order valence-corrected chi connectivity index (χ0v) is 22.0. The average molecular weight is 571 g/mol. The number of benzene rings is 3. The molecule has 0 fully saturated rings. The van der Waals surface area contributed by atoms with Gasteiger partial charge in [0.1, 0.15) is 17.4 Å². The third kappa shape index (κ3) is 5.45. The van der Waals surface area contributed by atoms with Gasteiger partial charge in [-0.3, -0.25) is 9.59 Å². The standard InChI is InChI=1S/C29H20F2N6O3S/c30-18-5-2-6-19(31)25(18)22(38)12-15-3-1-4-16(11-15)26-27(41-28(32)37-26)20-9-10-33-29(36-20)34-17-7-8-23-21(13-17)35-24(39)14-40-23/h1-11,13H,12,14H2,(H2,32,37)(H,35,39)(H,33,34,36). The normalized spacial score (nSPS) is 12.3. The quantitative estimate of drug-likeness (QED) is 0.215. The number of nitrogens with zero attached hydrogens (tertiary/aromatic N) is 3. The minimum Gasteiger partial charge on any atom is -0.482 e. The van der Waals surface area contributed by atoms with Gasteiger partial charge in [-0.1, -0.05) is 35.6 Å². The molecule has 204 valence electrons. The largest absolute Gasteiger partial charge is 0.482 e. The number of nitrogens with one attached hydrogen (secondary N) is 2. The molecule has 0 bridgehead atoms. The number of nitrogens with two attached hydrogens (primary N) is 1. The monoisotopic (exact) mass is 570 g/mol. The number of fused-ring (bicyclic) bond motifs is 1. The van der Waals surface area contributed by atoms with Crippen molar-refractivity contribution in [1.29, 1.82) is 0 Å². The number of ether oxygens (including phenoxy) is 1. The first-order valence-corrected chi connectivity index (χ1v) is 13.2. The van der Waals surface area contributed by atoms with E-state index in [1.54, 1.807) is 54.7 Å². The summed E-state index contributed by atoms with van der Waals surface area (Å²) in [5.41, 5.74) is 9.00. The van der Waals surface area contributed by atoms with Gasteiger partial charge in [0.25, 0.3) is 5.91 Å². The van der Waals surface area contributed by atoms with Crippen LogP contribution in [0.15, 0.2) is 72.9 Å². The van der Waals surface area contributed by atoms with Crippen LogP contribution in [0.4, 0.5) is 31.2 Å². The molecule has 0 spiro atoms. The Bertz CT molecular complexity index is 1810. The van der Waals surface area contributed by atoms with Crippen LogP contribution in [0, 0.1) is 11.6 Å². The van der Waals surface area contributed by atoms with Crippen LogP contribution in [-0.2, 0) is 11.2 Å². The van der Waals surface area contributed by atoms with Crippen molar-refractivity contribution in [2.45, 2.75) is 6.42 Å². The molecule has 2 aromatic heterocycles. The number of ketones is 1. The van der Waals surface area contributed by atoms with Crippen molar-refractivity contribution in [3.05, 3.63) is 95.7 Å². The fraction of sp³-hybridized carbons (Fsp3) is 0.0690. The van der Waals surface area contributed by atoms with Crippen molar-refractivity contribution >= 4 is 45.5 Å². The van der Waals surface area contributed by atoms with Gasteiger partial charge in [0.15, 0.2) is 17.5 Å². The van der Waals surface area contributed by atoms with Gasteiger partial charge in [-0.25, -0.2) is 23.7 Å². The lowest BCUT2D eigenvalue weighted by molar-refractivity contribution is -0.118. The molecule has 3 aromatic carbocycles. The second-order valence-corrected chi connectivity index (χ2v) is 10.1. The van der Waals surface area contributed by atoms with Crippen molar-refractivity contribution in [2.24, 2.45) is 0 Å². The summed E-state index contributed by atoms with van der Waals surface area (Å²) in [5.74, 6) is -1.84. The molecule has 1 aliphatic rings. The molecule has 0 saturated carbocycles. The molecule has 9 nitrogen and oxygen atoms in total. The topological polar surface area (TPSA) is 132 Å². The number of carbonyl (C=O) groups excluding carboxylic acids is 2. The van der Waals surface area contributed by atoms with E-state index in [0.717, 1.165) is 12.1 Å². The first kappa shape index (κ1) is 26.0. The molecular formula is C29H20F2N6O3S. The predicted octanol–water partition coefficient (Wildman–Crippen LogP) is 5.63. The molecule has 1 aliphatic heterocycles. The SMILES string of the molecule is Nc1nc(-c2cccc(CC(=O)c3c(F)cccc3F)c2)c(-c2ccnc(Nc3ccc4c(c3)NC(=O)CO4)n2)s1. The number of halogens is 2. The Morgan fingerprint density at radius 2 is 1.85 bits per heavy atom. The highest BCUT2D eigenvalue weighted by molar-refractivity contribution is 7.19. The molecule has 3 heterocycles. The van der Waals surface area contributed by atoms with E-state index in [1.807, 2.05) is 0 Å². The summed E-state index contributed by atoms with van der Waals surface area (Å²) in [6.45, 7) is -0.0331. The Morgan fingerprint density at radius 3 is 2.68 bits per heavy atom. The number of hydrogen-bond donors (Lipinski definition) is 3. The highest BCUT2D eigenvalue weighted by Crippen LogP contribution is 2.38. The smallest absolute Gasteiger partial charge is 0.262 e. The lowest BCUT2D eigenvalue weighted by Gasteiger charge is -2.18. The number of rotatable bonds is 7. The molecular weight excluding hydrogens is 550 g/mol. The first-order chi connectivity index (χ1) is 19.8. The Labute approximate surface area is 236 Å². The van der Waals surface area contributed by atoms with Crippen LogP contribution in [0.5, 0.6) is 5.75 Å². The van der Waals surface area contributed by atoms with E-state index in [2.05, 4.69) is 25.6 Å². The molecule has 12 heteroatoms. The second kappa shape index (κ2) is 10.7. The summed E-state index contributed by atoms with van der Waals surface area (Å²) < 4.78 is 33.7. The third-order valence-electron chi connectivity index (χ3n) is 6.21. The van der Waals surface area contributed by atoms with E-state index < -0.39 is 23.0 Å². The summed E-state index contributed by atoms with van der Waals surface area (Å²) in [6, 6.07) is 17.3. The average Bonchev–Trinajstić information content (AvgIpc) is 3.35. The summed E-state index contributed by atoms with van der Waals surface area (Å²) >= 11 is 1.24. The van der Waals surface area contributed by atoms with E-state index >= 15 is 0 Å². The number of hydrogen-bond acceptors (Lipinski definition) is 9. The van der Waals surface area contributed by atoms with E-state index in [0.29, 0.717) is 55.6 Å². The lowest BCUT2D eigenvalue weighted by Crippen LogP contribution is -2.25. The van der Waals surface area contributed by atoms with E-state index in [1.165, 1.54) is 17.4 Å². The van der Waals surface area contributed by atoms with Gasteiger partial charge in [0, 0.05) is 23.9 Å². The van der Waals surface area contributed by atoms with E-state index in [-0.39, 0.29) is 18.9 Å². The third-order valence-corrected chi connectivity index (χ3v) is 7.11. The molecule has 4 N–H and O–H groups in total. The van der Waals surface area contributed by atoms with Crippen molar-refractivity contribution in [2.75, 3.05) is 23.0 Å². The maximum Gasteiger partial charge on any atom is 0.262 e. The van der Waals surface area contributed by atoms with Gasteiger partial charge in [-0.2, -0.15) is 0 Å². The van der Waals surface area contributed by atoms with Gasteiger partial charge in [-0.05, 0) is 48.0 Å². The summed E-state index contributed by atoms with van der Waals surface area (Å²) in [6.07, 6.45) is 1.39. The van der Waals surface area contributed by atoms with Crippen LogP contribution in [-0.4, -0.2) is 33.2 Å². The van der Waals surface area contributed by atoms with Crippen LogP contribution in [0.2, 0.25) is 0 Å². The minimum atomic E-state index is -0.901. The fourth-order valence-electron chi connectivity index (χ4n) is 4.41. The molecule has 0 radical (unpaired) electrons. The van der Waals surface area contributed by atoms with Gasteiger partial charge in [0.2, 0.25) is 5.95 Å². The van der Waals surface area contributed by atoms with Crippen molar-refractivity contribution < 1.29 is 23.1 Å². The van der Waals surface area contributed by atoms with Crippen LogP contribution in [0.1, 0.15) is 15.9 Å². The fourth-order valence-corrected chi connectivity index (χ4v) is 5.23. The van der Waals surface area contributed by atoms with Crippen LogP contribution >= 0.6 is 11.3 Å². The number of aromatic nitrogens is 3. The molecule has 0 unspecified atom stereocenters. The summed E-state index contributed by atoms with van der Waals surface area (Å²) in [5, 5.41) is 6.19. The van der Waals surface area contributed by atoms with Crippen LogP contribution in [0.3, 0.4) is 0 Å². The maximum absolute atomic E-state index is 14.1. The van der Waals surface area contributed by atoms with Crippen molar-refractivity contribution in [3.8, 4) is 27.6 Å². The molecule has 0 atom stereocenters. The van der Waals surface area contributed by atoms with E-state index in [4.69, 9.17) is 10.5 Å². The molecule has 6 rings (SSSR count). The minimum absolute atomic E-state index is 0.0331. The molecule has 1 amide bonds.